The quantitative estimate of drug-likeness (QED) is 0.888. The highest BCUT2D eigenvalue weighted by Crippen LogP contribution is 2.37. The van der Waals surface area contributed by atoms with Gasteiger partial charge in [0.1, 0.15) is 0 Å². The molecular weight excluding hydrogens is 236 g/mol. The lowest BCUT2D eigenvalue weighted by Gasteiger charge is -2.43. The third-order valence-corrected chi connectivity index (χ3v) is 4.70. The number of hydrogen-bond acceptors (Lipinski definition) is 3. The maximum absolute atomic E-state index is 6.24. The first-order chi connectivity index (χ1) is 9.29. The third-order valence-electron chi connectivity index (χ3n) is 4.70. The molecule has 1 saturated carbocycles. The zero-order chi connectivity index (χ0) is 13.2. The Bertz CT molecular complexity index is 435. The summed E-state index contributed by atoms with van der Waals surface area (Å²) >= 11 is 0. The molecule has 0 aromatic heterocycles. The van der Waals surface area contributed by atoms with Crippen molar-refractivity contribution in [3.05, 3.63) is 29.8 Å². The van der Waals surface area contributed by atoms with Crippen molar-refractivity contribution >= 4 is 5.69 Å². The molecule has 3 atom stereocenters. The van der Waals surface area contributed by atoms with Crippen LogP contribution in [0.25, 0.3) is 0 Å². The van der Waals surface area contributed by atoms with Gasteiger partial charge in [-0.15, -0.1) is 0 Å². The molecule has 1 aromatic rings. The van der Waals surface area contributed by atoms with Crippen LogP contribution < -0.4 is 10.6 Å². The molecule has 3 unspecified atom stereocenters. The van der Waals surface area contributed by atoms with E-state index in [4.69, 9.17) is 10.5 Å². The number of rotatable bonds is 2. The summed E-state index contributed by atoms with van der Waals surface area (Å²) in [7, 11) is 1.84. The first-order valence-corrected chi connectivity index (χ1v) is 7.43. The maximum Gasteiger partial charge on any atom is 0.0591 e. The Morgan fingerprint density at radius 3 is 2.89 bits per heavy atom. The summed E-state index contributed by atoms with van der Waals surface area (Å²) in [5.74, 6) is 0. The average Bonchev–Trinajstić information content (AvgIpc) is 2.48. The number of nitrogens with two attached hydrogens (primary N) is 1. The van der Waals surface area contributed by atoms with E-state index in [1.54, 1.807) is 0 Å². The first-order valence-electron chi connectivity index (χ1n) is 7.43. The number of ether oxygens (including phenoxy) is 1. The van der Waals surface area contributed by atoms with Crippen LogP contribution in [0.2, 0.25) is 0 Å². The normalized spacial score (nSPS) is 31.1. The first kappa shape index (κ1) is 12.9. The molecule has 19 heavy (non-hydrogen) atoms. The van der Waals surface area contributed by atoms with Crippen LogP contribution in [0.5, 0.6) is 0 Å². The predicted molar refractivity (Wildman–Crippen MR) is 78.4 cm³/mol. The molecule has 1 heterocycles. The van der Waals surface area contributed by atoms with Crippen molar-refractivity contribution < 1.29 is 4.74 Å². The molecule has 0 radical (unpaired) electrons. The molecular formula is C16H24N2O. The molecule has 0 saturated heterocycles. The Hall–Kier alpha value is -1.06. The lowest BCUT2D eigenvalue weighted by atomic mass is 9.88. The molecule has 3 rings (SSSR count). The highest BCUT2D eigenvalue weighted by atomic mass is 16.5. The van der Waals surface area contributed by atoms with Gasteiger partial charge < -0.3 is 15.4 Å². The molecule has 104 valence electrons. The Labute approximate surface area is 115 Å². The highest BCUT2D eigenvalue weighted by Gasteiger charge is 2.31. The molecule has 0 bridgehead atoms. The van der Waals surface area contributed by atoms with Crippen LogP contribution in [0.4, 0.5) is 5.69 Å². The lowest BCUT2D eigenvalue weighted by Crippen LogP contribution is -2.44. The zero-order valence-electron chi connectivity index (χ0n) is 11.7. The largest absolute Gasteiger partial charge is 0.381 e. The van der Waals surface area contributed by atoms with Crippen molar-refractivity contribution in [2.45, 2.75) is 50.3 Å². The van der Waals surface area contributed by atoms with E-state index in [2.05, 4.69) is 29.2 Å². The number of nitrogens with zero attached hydrogens (tertiary/aromatic N) is 1. The van der Waals surface area contributed by atoms with Crippen LogP contribution >= 0.6 is 0 Å². The Balaban J connectivity index is 1.84. The highest BCUT2D eigenvalue weighted by molar-refractivity contribution is 5.57. The van der Waals surface area contributed by atoms with E-state index >= 15 is 0 Å². The minimum Gasteiger partial charge on any atom is -0.381 e. The fourth-order valence-corrected chi connectivity index (χ4v) is 3.61. The van der Waals surface area contributed by atoms with Crippen molar-refractivity contribution in [3.8, 4) is 0 Å². The van der Waals surface area contributed by atoms with Crippen LogP contribution in [-0.2, 0) is 4.74 Å². The predicted octanol–water partition coefficient (Wildman–Crippen LogP) is 2.85. The van der Waals surface area contributed by atoms with E-state index in [0.717, 1.165) is 19.4 Å². The van der Waals surface area contributed by atoms with E-state index in [1.165, 1.54) is 30.5 Å². The minimum atomic E-state index is 0.203. The zero-order valence-corrected chi connectivity index (χ0v) is 11.7. The number of anilines is 1. The van der Waals surface area contributed by atoms with Crippen LogP contribution in [0.3, 0.4) is 0 Å². The summed E-state index contributed by atoms with van der Waals surface area (Å²) in [6, 6.07) is 9.45. The topological polar surface area (TPSA) is 38.5 Å². The molecule has 2 N–H and O–H groups in total. The SMILES string of the molecule is COC1CCCC(N2CCC(N)c3ccccc32)C1. The standard InChI is InChI=1S/C16H24N2O/c1-19-13-6-4-5-12(11-13)18-10-9-15(17)14-7-2-3-8-16(14)18/h2-3,7-8,12-13,15H,4-6,9-11,17H2,1H3. The summed E-state index contributed by atoms with van der Waals surface area (Å²) in [5.41, 5.74) is 8.90. The number of methoxy groups -OCH3 is 1. The summed E-state index contributed by atoms with van der Waals surface area (Å²) in [6.45, 7) is 1.08. The van der Waals surface area contributed by atoms with E-state index in [0.29, 0.717) is 12.1 Å². The fraction of sp³-hybridized carbons (Fsp3) is 0.625. The molecule has 1 aromatic carbocycles. The molecule has 3 nitrogen and oxygen atoms in total. The second kappa shape index (κ2) is 5.51. The number of fused-ring (bicyclic) bond motifs is 1. The van der Waals surface area contributed by atoms with Gasteiger partial charge in [0.15, 0.2) is 0 Å². The second-order valence-electron chi connectivity index (χ2n) is 5.83. The molecule has 1 fully saturated rings. The van der Waals surface area contributed by atoms with Gasteiger partial charge >= 0.3 is 0 Å². The molecule has 1 aliphatic carbocycles. The van der Waals surface area contributed by atoms with Crippen LogP contribution in [0.15, 0.2) is 24.3 Å². The third kappa shape index (κ3) is 2.49. The summed E-state index contributed by atoms with van der Waals surface area (Å²) in [4.78, 5) is 2.57. The van der Waals surface area contributed by atoms with Crippen molar-refractivity contribution in [2.24, 2.45) is 5.73 Å². The van der Waals surface area contributed by atoms with Crippen LogP contribution in [0.1, 0.15) is 43.7 Å². The van der Waals surface area contributed by atoms with Crippen molar-refractivity contribution in [3.63, 3.8) is 0 Å². The van der Waals surface area contributed by atoms with Gasteiger partial charge in [0.2, 0.25) is 0 Å². The Morgan fingerprint density at radius 1 is 1.21 bits per heavy atom. The molecule has 1 aliphatic heterocycles. The minimum absolute atomic E-state index is 0.203. The van der Waals surface area contributed by atoms with Crippen molar-refractivity contribution in [2.75, 3.05) is 18.6 Å². The monoisotopic (exact) mass is 260 g/mol. The van der Waals surface area contributed by atoms with Gasteiger partial charge in [-0.3, -0.25) is 0 Å². The van der Waals surface area contributed by atoms with Crippen LogP contribution in [-0.4, -0.2) is 25.8 Å². The summed E-state index contributed by atoms with van der Waals surface area (Å²) in [5, 5.41) is 0. The van der Waals surface area contributed by atoms with Gasteiger partial charge in [0, 0.05) is 31.4 Å². The van der Waals surface area contributed by atoms with Crippen molar-refractivity contribution in [1.82, 2.24) is 0 Å². The Kier molecular flexibility index (Phi) is 3.76. The van der Waals surface area contributed by atoms with Gasteiger partial charge in [0.25, 0.3) is 0 Å². The molecule has 3 heteroatoms. The van der Waals surface area contributed by atoms with E-state index < -0.39 is 0 Å². The van der Waals surface area contributed by atoms with E-state index in [9.17, 15) is 0 Å². The smallest absolute Gasteiger partial charge is 0.0591 e. The lowest BCUT2D eigenvalue weighted by molar-refractivity contribution is 0.0628. The van der Waals surface area contributed by atoms with Gasteiger partial charge in [-0.1, -0.05) is 18.2 Å². The summed E-state index contributed by atoms with van der Waals surface area (Å²) < 4.78 is 5.57. The molecule has 2 aliphatic rings. The van der Waals surface area contributed by atoms with E-state index in [1.807, 2.05) is 7.11 Å². The summed E-state index contributed by atoms with van der Waals surface area (Å²) in [6.07, 6.45) is 6.41. The van der Waals surface area contributed by atoms with Crippen molar-refractivity contribution in [1.29, 1.82) is 0 Å². The number of para-hydroxylation sites is 1. The van der Waals surface area contributed by atoms with Gasteiger partial charge in [-0.25, -0.2) is 0 Å². The molecule has 0 spiro atoms. The molecule has 0 amide bonds. The Morgan fingerprint density at radius 2 is 2.05 bits per heavy atom. The average molecular weight is 260 g/mol. The maximum atomic E-state index is 6.24. The fourth-order valence-electron chi connectivity index (χ4n) is 3.61. The van der Waals surface area contributed by atoms with Gasteiger partial charge in [0.05, 0.1) is 6.10 Å². The number of benzene rings is 1. The second-order valence-corrected chi connectivity index (χ2v) is 5.83. The number of hydrogen-bond donors (Lipinski definition) is 1. The van der Waals surface area contributed by atoms with E-state index in [-0.39, 0.29) is 6.04 Å². The van der Waals surface area contributed by atoms with Gasteiger partial charge in [-0.2, -0.15) is 0 Å². The van der Waals surface area contributed by atoms with Crippen LogP contribution in [0, 0.1) is 0 Å². The van der Waals surface area contributed by atoms with Gasteiger partial charge in [-0.05, 0) is 43.7 Å².